The van der Waals surface area contributed by atoms with Crippen LogP contribution in [-0.4, -0.2) is 10.4 Å². The highest BCUT2D eigenvalue weighted by Gasteiger charge is 2.36. The van der Waals surface area contributed by atoms with Crippen LogP contribution in [0.5, 0.6) is 0 Å². The van der Waals surface area contributed by atoms with Crippen molar-refractivity contribution in [1.29, 1.82) is 0 Å². The fourth-order valence-electron chi connectivity index (χ4n) is 0.924. The van der Waals surface area contributed by atoms with Crippen LogP contribution in [0.2, 0.25) is 0 Å². The average Bonchev–Trinajstić information content (AvgIpc) is 1.86. The molecule has 1 nitrogen and oxygen atoms in total. The van der Waals surface area contributed by atoms with E-state index in [0.717, 1.165) is 19.3 Å². The van der Waals surface area contributed by atoms with Gasteiger partial charge in [0, 0.05) is 0 Å². The van der Waals surface area contributed by atoms with E-state index in [1.807, 2.05) is 0 Å². The fourth-order valence-corrected chi connectivity index (χ4v) is 1.43. The van der Waals surface area contributed by atoms with E-state index < -0.39 is 5.00 Å². The first kappa shape index (κ1) is 6.66. The summed E-state index contributed by atoms with van der Waals surface area (Å²) < 4.78 is 0. The quantitative estimate of drug-likeness (QED) is 0.375. The molecule has 0 heterocycles. The molecule has 2 unspecified atom stereocenters. The van der Waals surface area contributed by atoms with Gasteiger partial charge >= 0.3 is 0 Å². The Balaban J connectivity index is 2.54. The van der Waals surface area contributed by atoms with Crippen LogP contribution in [0.1, 0.15) is 19.3 Å². The molecule has 0 saturated heterocycles. The van der Waals surface area contributed by atoms with Crippen molar-refractivity contribution in [2.45, 2.75) is 29.6 Å². The Labute approximate surface area is 59.1 Å². The van der Waals surface area contributed by atoms with Crippen molar-refractivity contribution in [3.05, 3.63) is 0 Å². The number of alkyl halides is 2. The van der Waals surface area contributed by atoms with Gasteiger partial charge in [0.1, 0.15) is 5.00 Å². The molecule has 1 saturated carbocycles. The van der Waals surface area contributed by atoms with Gasteiger partial charge in [0.2, 0.25) is 0 Å². The van der Waals surface area contributed by atoms with Crippen LogP contribution in [0, 0.1) is 0 Å². The molecule has 1 aliphatic carbocycles. The maximum Gasteiger partial charge on any atom is 0.122 e. The molecule has 47 valence electrons. The molecule has 1 N–H and O–H groups in total. The molecule has 0 aliphatic heterocycles. The van der Waals surface area contributed by atoms with Crippen molar-refractivity contribution in [2.24, 2.45) is 0 Å². The van der Waals surface area contributed by atoms with Crippen LogP contribution in [-0.2, 0) is 0 Å². The molecule has 1 aliphatic rings. The van der Waals surface area contributed by atoms with Gasteiger partial charge in [-0.25, -0.2) is 5.73 Å². The minimum absolute atomic E-state index is 0.135. The molecule has 0 aromatic rings. The maximum absolute atomic E-state index is 7.33. The summed E-state index contributed by atoms with van der Waals surface area (Å²) in [7, 11) is 0. The van der Waals surface area contributed by atoms with E-state index in [9.17, 15) is 0 Å². The zero-order chi connectivity index (χ0) is 6.20. The number of hydrogen-bond donors (Lipinski definition) is 0. The number of hydrogen-bond acceptors (Lipinski definition) is 0. The molecule has 0 bridgehead atoms. The zero-order valence-electron chi connectivity index (χ0n) is 4.45. The monoisotopic (exact) mass is 152 g/mol. The summed E-state index contributed by atoms with van der Waals surface area (Å²) in [6.07, 6.45) is 2.64. The van der Waals surface area contributed by atoms with Crippen LogP contribution in [0.25, 0.3) is 0 Å². The summed E-state index contributed by atoms with van der Waals surface area (Å²) in [4.78, 5) is -0.860. The van der Waals surface area contributed by atoms with Crippen molar-refractivity contribution in [2.75, 3.05) is 0 Å². The lowest BCUT2D eigenvalue weighted by atomic mass is 10.3. The first-order valence-electron chi connectivity index (χ1n) is 2.71. The second-order valence-electron chi connectivity index (χ2n) is 2.22. The molecule has 2 atom stereocenters. The van der Waals surface area contributed by atoms with Crippen LogP contribution in [0.15, 0.2) is 0 Å². The molecule has 1 radical (unpaired) electrons. The summed E-state index contributed by atoms with van der Waals surface area (Å²) >= 11 is 11.3. The third-order valence-electron chi connectivity index (χ3n) is 1.49. The van der Waals surface area contributed by atoms with Crippen molar-refractivity contribution in [3.63, 3.8) is 0 Å². The summed E-state index contributed by atoms with van der Waals surface area (Å²) in [5, 5.41) is -0.135. The van der Waals surface area contributed by atoms with Gasteiger partial charge in [-0.05, 0) is 19.3 Å². The minimum atomic E-state index is -0.860. The largest absolute Gasteiger partial charge is 0.234 e. The van der Waals surface area contributed by atoms with Gasteiger partial charge in [0.25, 0.3) is 0 Å². The minimum Gasteiger partial charge on any atom is -0.234 e. The Hall–Kier alpha value is 0.540. The first-order chi connectivity index (χ1) is 3.63. The van der Waals surface area contributed by atoms with Gasteiger partial charge in [-0.2, -0.15) is 0 Å². The lowest BCUT2D eigenvalue weighted by Gasteiger charge is -2.15. The fraction of sp³-hybridized carbons (Fsp3) is 1.00. The summed E-state index contributed by atoms with van der Waals surface area (Å²) in [5.74, 6) is 0. The third-order valence-corrected chi connectivity index (χ3v) is 2.65. The van der Waals surface area contributed by atoms with Crippen LogP contribution < -0.4 is 5.73 Å². The highest BCUT2D eigenvalue weighted by Crippen LogP contribution is 2.36. The van der Waals surface area contributed by atoms with Gasteiger partial charge in [0.15, 0.2) is 0 Å². The van der Waals surface area contributed by atoms with E-state index in [0.29, 0.717) is 0 Å². The number of halogens is 2. The summed E-state index contributed by atoms with van der Waals surface area (Å²) in [6, 6.07) is 0. The van der Waals surface area contributed by atoms with E-state index in [1.54, 1.807) is 0 Å². The highest BCUT2D eigenvalue weighted by atomic mass is 35.5. The van der Waals surface area contributed by atoms with Crippen molar-refractivity contribution < 1.29 is 0 Å². The second kappa shape index (κ2) is 2.05. The average molecular weight is 153 g/mol. The molecule has 0 aromatic carbocycles. The zero-order valence-corrected chi connectivity index (χ0v) is 5.97. The number of rotatable bonds is 0. The predicted octanol–water partition coefficient (Wildman–Crippen LogP) is 2.00. The SMILES string of the molecule is [NH]C1(Cl)CCCC1Cl. The lowest BCUT2D eigenvalue weighted by molar-refractivity contribution is 0.610. The van der Waals surface area contributed by atoms with E-state index >= 15 is 0 Å². The van der Waals surface area contributed by atoms with Gasteiger partial charge in [0.05, 0.1) is 5.38 Å². The Morgan fingerprint density at radius 3 is 2.38 bits per heavy atom. The Kier molecular flexibility index (Phi) is 1.71. The van der Waals surface area contributed by atoms with Crippen LogP contribution >= 0.6 is 23.2 Å². The van der Waals surface area contributed by atoms with Crippen molar-refractivity contribution >= 4 is 23.2 Å². The standard InChI is InChI=1S/C5H8Cl2N/c6-4-2-1-3-5(4,7)8/h4,8H,1-3H2. The van der Waals surface area contributed by atoms with Crippen molar-refractivity contribution in [3.8, 4) is 0 Å². The van der Waals surface area contributed by atoms with Crippen LogP contribution in [0.4, 0.5) is 0 Å². The molecule has 1 rings (SSSR count). The van der Waals surface area contributed by atoms with Gasteiger partial charge in [-0.1, -0.05) is 11.6 Å². The van der Waals surface area contributed by atoms with Gasteiger partial charge in [-0.15, -0.1) is 11.6 Å². The molecule has 0 aromatic heterocycles. The van der Waals surface area contributed by atoms with Crippen LogP contribution in [0.3, 0.4) is 0 Å². The molecule has 0 spiro atoms. The molecule has 3 heteroatoms. The predicted molar refractivity (Wildman–Crippen MR) is 35.2 cm³/mol. The maximum atomic E-state index is 7.33. The number of nitrogens with one attached hydrogen (secondary N) is 1. The first-order valence-corrected chi connectivity index (χ1v) is 3.52. The summed E-state index contributed by atoms with van der Waals surface area (Å²) in [6.45, 7) is 0. The normalized spacial score (nSPS) is 47.6. The molecule has 8 heavy (non-hydrogen) atoms. The summed E-state index contributed by atoms with van der Waals surface area (Å²) in [5.41, 5.74) is 7.33. The molecular formula is C5H8Cl2N. The topological polar surface area (TPSA) is 23.8 Å². The van der Waals surface area contributed by atoms with Gasteiger partial charge in [-0.3, -0.25) is 0 Å². The Bertz CT molecular complexity index is 92.4. The molecular weight excluding hydrogens is 145 g/mol. The molecule has 0 amide bonds. The highest BCUT2D eigenvalue weighted by molar-refractivity contribution is 6.32. The van der Waals surface area contributed by atoms with Gasteiger partial charge < -0.3 is 0 Å². The van der Waals surface area contributed by atoms with E-state index in [-0.39, 0.29) is 5.38 Å². The van der Waals surface area contributed by atoms with E-state index in [2.05, 4.69) is 0 Å². The van der Waals surface area contributed by atoms with Crippen molar-refractivity contribution in [1.82, 2.24) is 5.73 Å². The Morgan fingerprint density at radius 2 is 2.25 bits per heavy atom. The second-order valence-corrected chi connectivity index (χ2v) is 3.42. The Morgan fingerprint density at radius 1 is 1.62 bits per heavy atom. The third kappa shape index (κ3) is 1.09. The van der Waals surface area contributed by atoms with E-state index in [1.165, 1.54) is 0 Å². The van der Waals surface area contributed by atoms with E-state index in [4.69, 9.17) is 28.9 Å². The smallest absolute Gasteiger partial charge is 0.122 e. The lowest BCUT2D eigenvalue weighted by Crippen LogP contribution is -2.28. The molecule has 1 fully saturated rings.